The molecule has 0 heterocycles. The van der Waals surface area contributed by atoms with Crippen LogP contribution in [0.5, 0.6) is 0 Å². The second kappa shape index (κ2) is 7.76. The van der Waals surface area contributed by atoms with Crippen LogP contribution in [0.4, 0.5) is 0 Å². The summed E-state index contributed by atoms with van der Waals surface area (Å²) in [4.78, 5) is 0. The Morgan fingerprint density at radius 3 is 1.53 bits per heavy atom. The van der Waals surface area contributed by atoms with Crippen molar-refractivity contribution >= 4 is 35.6 Å². The van der Waals surface area contributed by atoms with Crippen molar-refractivity contribution in [2.45, 2.75) is 6.10 Å². The third-order valence-electron chi connectivity index (χ3n) is 2.63. The van der Waals surface area contributed by atoms with E-state index in [1.807, 2.05) is 48.5 Å². The van der Waals surface area contributed by atoms with Crippen molar-refractivity contribution < 1.29 is 4.74 Å². The second-order valence-corrected chi connectivity index (χ2v) is 4.73. The minimum atomic E-state index is -0.142. The first-order valence-corrected chi connectivity index (χ1v) is 6.38. The van der Waals surface area contributed by atoms with Gasteiger partial charge in [-0.2, -0.15) is 0 Å². The molecule has 0 saturated carbocycles. The van der Waals surface area contributed by atoms with E-state index in [-0.39, 0.29) is 18.5 Å². The maximum absolute atomic E-state index is 5.89. The standard InChI is InChI=1S/C15H13Cl2O.ClH/c1-2-18-15(11-3-7-13(16)8-4-11)12-5-9-14(17)10-6-12;/h3-10,15H,1-2H2;1H. The summed E-state index contributed by atoms with van der Waals surface area (Å²) in [5.74, 6) is 0. The molecule has 19 heavy (non-hydrogen) atoms. The molecule has 0 spiro atoms. The zero-order valence-electron chi connectivity index (χ0n) is 10.2. The molecular formula is C15H14Cl3O. The van der Waals surface area contributed by atoms with Crippen LogP contribution in [-0.4, -0.2) is 6.61 Å². The molecule has 0 fully saturated rings. The zero-order chi connectivity index (χ0) is 13.0. The van der Waals surface area contributed by atoms with Gasteiger partial charge in [-0.3, -0.25) is 0 Å². The summed E-state index contributed by atoms with van der Waals surface area (Å²) in [5.41, 5.74) is 2.09. The largest absolute Gasteiger partial charge is 0.369 e. The fraction of sp³-hybridized carbons (Fsp3) is 0.133. The highest BCUT2D eigenvalue weighted by Gasteiger charge is 2.13. The molecular weight excluding hydrogens is 303 g/mol. The van der Waals surface area contributed by atoms with Gasteiger partial charge in [0.05, 0.1) is 0 Å². The maximum atomic E-state index is 5.89. The van der Waals surface area contributed by atoms with E-state index < -0.39 is 0 Å². The smallest absolute Gasteiger partial charge is 0.108 e. The molecule has 0 atom stereocenters. The molecule has 0 aromatic heterocycles. The first-order chi connectivity index (χ1) is 8.70. The van der Waals surface area contributed by atoms with Crippen LogP contribution in [-0.2, 0) is 4.74 Å². The van der Waals surface area contributed by atoms with Crippen LogP contribution in [0, 0.1) is 6.92 Å². The van der Waals surface area contributed by atoms with E-state index in [1.54, 1.807) is 0 Å². The van der Waals surface area contributed by atoms with E-state index in [0.29, 0.717) is 16.7 Å². The summed E-state index contributed by atoms with van der Waals surface area (Å²) in [5, 5.41) is 1.42. The predicted molar refractivity (Wildman–Crippen MR) is 83.3 cm³/mol. The molecule has 0 N–H and O–H groups in total. The number of benzene rings is 2. The van der Waals surface area contributed by atoms with Crippen LogP contribution in [0.2, 0.25) is 10.0 Å². The Balaban J connectivity index is 0.00000180. The molecule has 4 heteroatoms. The molecule has 0 unspecified atom stereocenters. The van der Waals surface area contributed by atoms with E-state index in [1.165, 1.54) is 0 Å². The summed E-state index contributed by atoms with van der Waals surface area (Å²) >= 11 is 11.8. The van der Waals surface area contributed by atoms with Crippen LogP contribution >= 0.6 is 35.6 Å². The number of rotatable bonds is 4. The Kier molecular flexibility index (Phi) is 6.67. The molecule has 0 bridgehead atoms. The average molecular weight is 317 g/mol. The minimum Gasteiger partial charge on any atom is -0.369 e. The first kappa shape index (κ1) is 16.3. The van der Waals surface area contributed by atoms with Gasteiger partial charge in [0.25, 0.3) is 0 Å². The lowest BCUT2D eigenvalue weighted by molar-refractivity contribution is 0.103. The number of hydrogen-bond donors (Lipinski definition) is 0. The van der Waals surface area contributed by atoms with Crippen molar-refractivity contribution in [3.05, 3.63) is 76.6 Å². The van der Waals surface area contributed by atoms with E-state index in [0.717, 1.165) is 11.1 Å². The topological polar surface area (TPSA) is 9.23 Å². The van der Waals surface area contributed by atoms with Crippen LogP contribution < -0.4 is 0 Å². The van der Waals surface area contributed by atoms with Gasteiger partial charge >= 0.3 is 0 Å². The minimum absolute atomic E-state index is 0. The lowest BCUT2D eigenvalue weighted by atomic mass is 10.0. The highest BCUT2D eigenvalue weighted by Crippen LogP contribution is 2.27. The molecule has 0 aliphatic heterocycles. The Labute approximate surface area is 129 Å². The average Bonchev–Trinajstić information content (AvgIpc) is 2.39. The van der Waals surface area contributed by atoms with Crippen molar-refractivity contribution in [3.63, 3.8) is 0 Å². The van der Waals surface area contributed by atoms with Crippen molar-refractivity contribution in [1.29, 1.82) is 0 Å². The van der Waals surface area contributed by atoms with E-state index in [4.69, 9.17) is 27.9 Å². The van der Waals surface area contributed by atoms with Crippen molar-refractivity contribution in [2.75, 3.05) is 6.61 Å². The maximum Gasteiger partial charge on any atom is 0.108 e. The molecule has 0 aliphatic rings. The Bertz CT molecular complexity index is 448. The normalized spacial score (nSPS) is 10.3. The Morgan fingerprint density at radius 2 is 1.21 bits per heavy atom. The molecule has 0 amide bonds. The predicted octanol–water partition coefficient (Wildman–Crippen LogP) is 5.36. The molecule has 2 aromatic rings. The van der Waals surface area contributed by atoms with Crippen LogP contribution in [0.15, 0.2) is 48.5 Å². The zero-order valence-corrected chi connectivity index (χ0v) is 12.5. The van der Waals surface area contributed by atoms with Gasteiger partial charge in [-0.15, -0.1) is 12.4 Å². The third kappa shape index (κ3) is 4.39. The van der Waals surface area contributed by atoms with Crippen molar-refractivity contribution in [1.82, 2.24) is 0 Å². The summed E-state index contributed by atoms with van der Waals surface area (Å²) < 4.78 is 5.70. The highest BCUT2D eigenvalue weighted by molar-refractivity contribution is 6.30. The molecule has 1 radical (unpaired) electrons. The van der Waals surface area contributed by atoms with Gasteiger partial charge < -0.3 is 4.74 Å². The summed E-state index contributed by atoms with van der Waals surface area (Å²) in [6.07, 6.45) is -0.142. The molecule has 0 aliphatic carbocycles. The number of halogens is 3. The van der Waals surface area contributed by atoms with Crippen LogP contribution in [0.3, 0.4) is 0 Å². The van der Waals surface area contributed by atoms with Gasteiger partial charge in [0.1, 0.15) is 6.10 Å². The Morgan fingerprint density at radius 1 is 0.842 bits per heavy atom. The first-order valence-electron chi connectivity index (χ1n) is 5.62. The van der Waals surface area contributed by atoms with Gasteiger partial charge in [-0.1, -0.05) is 47.5 Å². The van der Waals surface area contributed by atoms with Gasteiger partial charge in [0.15, 0.2) is 0 Å². The van der Waals surface area contributed by atoms with Gasteiger partial charge in [0, 0.05) is 16.7 Å². The summed E-state index contributed by atoms with van der Waals surface area (Å²) in [7, 11) is 0. The molecule has 2 aromatic carbocycles. The van der Waals surface area contributed by atoms with Crippen LogP contribution in [0.25, 0.3) is 0 Å². The van der Waals surface area contributed by atoms with Crippen molar-refractivity contribution in [2.24, 2.45) is 0 Å². The monoisotopic (exact) mass is 315 g/mol. The molecule has 1 nitrogen and oxygen atoms in total. The SMILES string of the molecule is Cl.[CH2]COC(c1ccc(Cl)cc1)c1ccc(Cl)cc1. The number of ether oxygens (including phenoxy) is 1. The molecule has 101 valence electrons. The molecule has 0 saturated heterocycles. The second-order valence-electron chi connectivity index (χ2n) is 3.85. The summed E-state index contributed by atoms with van der Waals surface area (Å²) in [6.45, 7) is 4.14. The highest BCUT2D eigenvalue weighted by atomic mass is 35.5. The van der Waals surface area contributed by atoms with Gasteiger partial charge in [-0.25, -0.2) is 0 Å². The van der Waals surface area contributed by atoms with Crippen molar-refractivity contribution in [3.8, 4) is 0 Å². The van der Waals surface area contributed by atoms with E-state index in [9.17, 15) is 0 Å². The van der Waals surface area contributed by atoms with Gasteiger partial charge in [0.2, 0.25) is 0 Å². The lowest BCUT2D eigenvalue weighted by Crippen LogP contribution is -2.06. The quantitative estimate of drug-likeness (QED) is 0.738. The van der Waals surface area contributed by atoms with Crippen LogP contribution in [0.1, 0.15) is 17.2 Å². The van der Waals surface area contributed by atoms with E-state index in [2.05, 4.69) is 6.92 Å². The fourth-order valence-corrected chi connectivity index (χ4v) is 2.03. The lowest BCUT2D eigenvalue weighted by Gasteiger charge is -2.18. The Hall–Kier alpha value is -0.730. The fourth-order valence-electron chi connectivity index (χ4n) is 1.78. The molecule has 2 rings (SSSR count). The number of hydrogen-bond acceptors (Lipinski definition) is 1. The van der Waals surface area contributed by atoms with Gasteiger partial charge in [-0.05, 0) is 42.3 Å². The summed E-state index contributed by atoms with van der Waals surface area (Å²) in [6, 6.07) is 15.2. The van der Waals surface area contributed by atoms with E-state index >= 15 is 0 Å². The third-order valence-corrected chi connectivity index (χ3v) is 3.13.